The largest absolute Gasteiger partial charge is 0.313 e. The van der Waals surface area contributed by atoms with E-state index in [-0.39, 0.29) is 5.82 Å². The molecule has 0 aliphatic rings. The first-order valence-electron chi connectivity index (χ1n) is 7.26. The van der Waals surface area contributed by atoms with E-state index in [1.807, 2.05) is 30.2 Å². The fraction of sp³-hybridized carbons (Fsp3) is 0.438. The maximum atomic E-state index is 13.2. The monoisotopic (exact) mass is 307 g/mol. The van der Waals surface area contributed by atoms with Crippen LogP contribution in [0.4, 0.5) is 4.39 Å². The van der Waals surface area contributed by atoms with Crippen molar-refractivity contribution in [1.82, 2.24) is 15.1 Å². The van der Waals surface area contributed by atoms with Crippen LogP contribution in [0.1, 0.15) is 18.9 Å². The lowest BCUT2D eigenvalue weighted by Gasteiger charge is -2.17. The average Bonchev–Trinajstić information content (AvgIpc) is 2.87. The highest BCUT2D eigenvalue weighted by molar-refractivity contribution is 7.99. The molecule has 0 bridgehead atoms. The molecule has 1 N–H and O–H groups in total. The predicted molar refractivity (Wildman–Crippen MR) is 86.1 cm³/mol. The highest BCUT2D eigenvalue weighted by atomic mass is 32.2. The van der Waals surface area contributed by atoms with Gasteiger partial charge in [-0.3, -0.25) is 4.68 Å². The van der Waals surface area contributed by atoms with Gasteiger partial charge in [0.05, 0.1) is 6.20 Å². The average molecular weight is 307 g/mol. The van der Waals surface area contributed by atoms with Gasteiger partial charge in [-0.25, -0.2) is 4.39 Å². The molecule has 1 aromatic heterocycles. The van der Waals surface area contributed by atoms with Gasteiger partial charge in [-0.1, -0.05) is 13.0 Å². The molecule has 5 heteroatoms. The molecule has 21 heavy (non-hydrogen) atoms. The van der Waals surface area contributed by atoms with E-state index in [0.29, 0.717) is 6.04 Å². The number of aromatic nitrogens is 2. The van der Waals surface area contributed by atoms with E-state index in [1.165, 1.54) is 11.6 Å². The molecule has 1 heterocycles. The molecule has 1 unspecified atom stereocenters. The maximum absolute atomic E-state index is 13.2. The Labute approximate surface area is 129 Å². The van der Waals surface area contributed by atoms with Crippen LogP contribution in [0.25, 0.3) is 0 Å². The van der Waals surface area contributed by atoms with Crippen LogP contribution in [0.2, 0.25) is 0 Å². The van der Waals surface area contributed by atoms with Crippen LogP contribution in [0.5, 0.6) is 0 Å². The summed E-state index contributed by atoms with van der Waals surface area (Å²) in [5.41, 5.74) is 1.23. The van der Waals surface area contributed by atoms with Crippen molar-refractivity contribution < 1.29 is 4.39 Å². The van der Waals surface area contributed by atoms with Gasteiger partial charge in [0.2, 0.25) is 0 Å². The molecule has 0 fully saturated rings. The molecule has 1 aromatic carbocycles. The molecule has 0 amide bonds. The van der Waals surface area contributed by atoms with E-state index in [2.05, 4.69) is 17.3 Å². The third kappa shape index (κ3) is 5.52. The number of nitrogens with zero attached hydrogens (tertiary/aromatic N) is 2. The van der Waals surface area contributed by atoms with Crippen molar-refractivity contribution >= 4 is 11.8 Å². The first-order chi connectivity index (χ1) is 10.2. The molecule has 2 aromatic rings. The zero-order chi connectivity index (χ0) is 15.1. The summed E-state index contributed by atoms with van der Waals surface area (Å²) in [6, 6.07) is 7.14. The normalized spacial score (nSPS) is 12.5. The Kier molecular flexibility index (Phi) is 6.26. The zero-order valence-corrected chi connectivity index (χ0v) is 13.4. The van der Waals surface area contributed by atoms with Crippen LogP contribution >= 0.6 is 11.8 Å². The lowest BCUT2D eigenvalue weighted by Crippen LogP contribution is -2.33. The molecule has 114 valence electrons. The Balaban J connectivity index is 1.92. The number of halogens is 1. The Morgan fingerprint density at radius 2 is 2.29 bits per heavy atom. The van der Waals surface area contributed by atoms with Gasteiger partial charge in [0.1, 0.15) is 5.82 Å². The van der Waals surface area contributed by atoms with Gasteiger partial charge >= 0.3 is 0 Å². The van der Waals surface area contributed by atoms with Crippen molar-refractivity contribution in [2.75, 3.05) is 12.3 Å². The third-order valence-electron chi connectivity index (χ3n) is 3.17. The summed E-state index contributed by atoms with van der Waals surface area (Å²) in [7, 11) is 1.93. The molecule has 2 rings (SSSR count). The molecular formula is C16H22FN3S. The molecule has 0 saturated heterocycles. The molecule has 0 radical (unpaired) electrons. The van der Waals surface area contributed by atoms with E-state index < -0.39 is 0 Å². The minimum Gasteiger partial charge on any atom is -0.313 e. The summed E-state index contributed by atoms with van der Waals surface area (Å²) in [6.45, 7) is 3.16. The minimum atomic E-state index is -0.176. The maximum Gasteiger partial charge on any atom is 0.124 e. The number of nitrogens with one attached hydrogen (secondary N) is 1. The highest BCUT2D eigenvalue weighted by Crippen LogP contribution is 2.20. The number of hydrogen-bond donors (Lipinski definition) is 1. The van der Waals surface area contributed by atoms with Crippen LogP contribution in [0, 0.1) is 5.82 Å². The summed E-state index contributed by atoms with van der Waals surface area (Å²) >= 11 is 1.69. The standard InChI is InChI=1S/C16H22FN3S/c1-3-7-18-15(8-13-10-19-20(2)11-13)12-21-16-6-4-5-14(17)9-16/h4-6,9-11,15,18H,3,7-8,12H2,1-2H3. The smallest absolute Gasteiger partial charge is 0.124 e. The first kappa shape index (κ1) is 16.0. The molecule has 3 nitrogen and oxygen atoms in total. The number of aryl methyl sites for hydroxylation is 1. The van der Waals surface area contributed by atoms with E-state index >= 15 is 0 Å². The Morgan fingerprint density at radius 1 is 1.43 bits per heavy atom. The quantitative estimate of drug-likeness (QED) is 0.759. The summed E-state index contributed by atoms with van der Waals surface area (Å²) in [5.74, 6) is 0.739. The van der Waals surface area contributed by atoms with Crippen molar-refractivity contribution in [2.24, 2.45) is 7.05 Å². The van der Waals surface area contributed by atoms with Crippen LogP contribution in [0.15, 0.2) is 41.6 Å². The minimum absolute atomic E-state index is 0.176. The van der Waals surface area contributed by atoms with Crippen molar-refractivity contribution in [3.63, 3.8) is 0 Å². The van der Waals surface area contributed by atoms with Gasteiger partial charge < -0.3 is 5.32 Å². The molecule has 0 aliphatic carbocycles. The summed E-state index contributed by atoms with van der Waals surface area (Å²) in [6.07, 6.45) is 6.01. The number of thioether (sulfide) groups is 1. The Morgan fingerprint density at radius 3 is 2.95 bits per heavy atom. The molecule has 0 saturated carbocycles. The van der Waals surface area contributed by atoms with Crippen molar-refractivity contribution in [3.05, 3.63) is 48.0 Å². The first-order valence-corrected chi connectivity index (χ1v) is 8.25. The molecule has 1 atom stereocenters. The van der Waals surface area contributed by atoms with Crippen LogP contribution in [0.3, 0.4) is 0 Å². The van der Waals surface area contributed by atoms with Gasteiger partial charge in [0, 0.05) is 29.9 Å². The number of rotatable bonds is 8. The van der Waals surface area contributed by atoms with E-state index in [9.17, 15) is 4.39 Å². The fourth-order valence-corrected chi connectivity index (χ4v) is 3.15. The lowest BCUT2D eigenvalue weighted by atomic mass is 10.1. The van der Waals surface area contributed by atoms with Crippen molar-refractivity contribution in [1.29, 1.82) is 0 Å². The van der Waals surface area contributed by atoms with Crippen molar-refractivity contribution in [3.8, 4) is 0 Å². The second-order valence-electron chi connectivity index (χ2n) is 5.15. The number of benzene rings is 1. The molecule has 0 aliphatic heterocycles. The predicted octanol–water partition coefficient (Wildman–Crippen LogP) is 3.26. The van der Waals surface area contributed by atoms with E-state index in [4.69, 9.17) is 0 Å². The summed E-state index contributed by atoms with van der Waals surface area (Å²) in [5, 5.41) is 7.77. The highest BCUT2D eigenvalue weighted by Gasteiger charge is 2.11. The summed E-state index contributed by atoms with van der Waals surface area (Å²) in [4.78, 5) is 0.976. The Bertz CT molecular complexity index is 556. The van der Waals surface area contributed by atoms with Gasteiger partial charge in [0.25, 0.3) is 0 Å². The fourth-order valence-electron chi connectivity index (χ4n) is 2.15. The summed E-state index contributed by atoms with van der Waals surface area (Å²) < 4.78 is 15.0. The second kappa shape index (κ2) is 8.20. The van der Waals surface area contributed by atoms with Crippen LogP contribution in [-0.2, 0) is 13.5 Å². The second-order valence-corrected chi connectivity index (χ2v) is 6.24. The third-order valence-corrected chi connectivity index (χ3v) is 4.33. The van der Waals surface area contributed by atoms with Gasteiger partial charge in [0.15, 0.2) is 0 Å². The van der Waals surface area contributed by atoms with Gasteiger partial charge in [-0.15, -0.1) is 11.8 Å². The molecular weight excluding hydrogens is 285 g/mol. The SMILES string of the molecule is CCCNC(CSc1cccc(F)c1)Cc1cnn(C)c1. The van der Waals surface area contributed by atoms with Crippen LogP contribution < -0.4 is 5.32 Å². The van der Waals surface area contributed by atoms with E-state index in [0.717, 1.165) is 30.0 Å². The Hall–Kier alpha value is -1.33. The topological polar surface area (TPSA) is 29.9 Å². The number of hydrogen-bond acceptors (Lipinski definition) is 3. The van der Waals surface area contributed by atoms with Crippen LogP contribution in [-0.4, -0.2) is 28.1 Å². The zero-order valence-electron chi connectivity index (χ0n) is 12.6. The van der Waals surface area contributed by atoms with E-state index in [1.54, 1.807) is 23.9 Å². The molecule has 0 spiro atoms. The lowest BCUT2D eigenvalue weighted by molar-refractivity contribution is 0.550. The van der Waals surface area contributed by atoms with Gasteiger partial charge in [-0.05, 0) is 43.1 Å². The van der Waals surface area contributed by atoms with Gasteiger partial charge in [-0.2, -0.15) is 5.10 Å². The van der Waals surface area contributed by atoms with Crippen molar-refractivity contribution in [2.45, 2.75) is 30.7 Å².